The summed E-state index contributed by atoms with van der Waals surface area (Å²) >= 11 is 0. The van der Waals surface area contributed by atoms with Crippen LogP contribution in [0.15, 0.2) is 36.8 Å². The third-order valence-corrected chi connectivity index (χ3v) is 4.04. The average molecular weight is 284 g/mol. The maximum Gasteiger partial charge on any atom is 0.223 e. The number of aryl methyl sites for hydroxylation is 1. The summed E-state index contributed by atoms with van der Waals surface area (Å²) in [6.07, 6.45) is 5.33. The van der Waals surface area contributed by atoms with Crippen molar-refractivity contribution < 1.29 is 4.79 Å². The Morgan fingerprint density at radius 1 is 1.43 bits per heavy atom. The Morgan fingerprint density at radius 3 is 3.14 bits per heavy atom. The van der Waals surface area contributed by atoms with Crippen LogP contribution in [0.25, 0.3) is 0 Å². The van der Waals surface area contributed by atoms with E-state index in [1.54, 1.807) is 0 Å². The summed E-state index contributed by atoms with van der Waals surface area (Å²) in [5.41, 5.74) is 8.95. The lowest BCUT2D eigenvalue weighted by Gasteiger charge is -2.23. The van der Waals surface area contributed by atoms with E-state index in [0.29, 0.717) is 13.1 Å². The van der Waals surface area contributed by atoms with E-state index in [1.165, 1.54) is 0 Å². The number of carbonyl (C=O) groups excluding carboxylic acids is 1. The summed E-state index contributed by atoms with van der Waals surface area (Å²) in [5, 5.41) is 3.03. The van der Waals surface area contributed by atoms with E-state index in [-0.39, 0.29) is 11.8 Å². The van der Waals surface area contributed by atoms with Crippen LogP contribution in [-0.2, 0) is 30.8 Å². The van der Waals surface area contributed by atoms with Crippen molar-refractivity contribution in [3.8, 4) is 0 Å². The Bertz CT molecular complexity index is 635. The first-order valence-electron chi connectivity index (χ1n) is 7.31. The number of rotatable bonds is 4. The van der Waals surface area contributed by atoms with Gasteiger partial charge < -0.3 is 15.6 Å². The molecular weight excluding hydrogens is 264 g/mol. The second-order valence-electron chi connectivity index (χ2n) is 5.51. The fourth-order valence-electron chi connectivity index (χ4n) is 2.79. The van der Waals surface area contributed by atoms with E-state index in [0.717, 1.165) is 36.2 Å². The average Bonchev–Trinajstić information content (AvgIpc) is 3.00. The molecule has 1 amide bonds. The highest BCUT2D eigenvalue weighted by atomic mass is 16.1. The van der Waals surface area contributed by atoms with Crippen LogP contribution in [0, 0.1) is 5.92 Å². The van der Waals surface area contributed by atoms with E-state index >= 15 is 0 Å². The highest BCUT2D eigenvalue weighted by Crippen LogP contribution is 2.20. The van der Waals surface area contributed by atoms with E-state index < -0.39 is 0 Å². The van der Waals surface area contributed by atoms with E-state index in [4.69, 9.17) is 5.73 Å². The molecule has 0 spiro atoms. The van der Waals surface area contributed by atoms with Crippen molar-refractivity contribution in [2.45, 2.75) is 32.5 Å². The van der Waals surface area contributed by atoms with Crippen molar-refractivity contribution in [3.05, 3.63) is 53.6 Å². The lowest BCUT2D eigenvalue weighted by Crippen LogP contribution is -2.34. The second kappa shape index (κ2) is 6.10. The van der Waals surface area contributed by atoms with Crippen molar-refractivity contribution in [2.24, 2.45) is 11.7 Å². The number of amides is 1. The summed E-state index contributed by atoms with van der Waals surface area (Å²) in [6.45, 7) is 1.95. The molecule has 1 aromatic heterocycles. The zero-order chi connectivity index (χ0) is 14.7. The van der Waals surface area contributed by atoms with Crippen molar-refractivity contribution in [1.82, 2.24) is 14.9 Å². The number of nitrogens with zero attached hydrogens (tertiary/aromatic N) is 2. The normalized spacial score (nSPS) is 17.3. The Labute approximate surface area is 124 Å². The summed E-state index contributed by atoms with van der Waals surface area (Å²) in [7, 11) is 0. The van der Waals surface area contributed by atoms with Crippen LogP contribution in [0.3, 0.4) is 0 Å². The molecule has 1 unspecified atom stereocenters. The van der Waals surface area contributed by atoms with Gasteiger partial charge in [0.05, 0.1) is 6.33 Å². The number of benzene rings is 1. The van der Waals surface area contributed by atoms with Gasteiger partial charge in [0.2, 0.25) is 5.91 Å². The third-order valence-electron chi connectivity index (χ3n) is 4.04. The molecule has 0 saturated carbocycles. The fraction of sp³-hybridized carbons (Fsp3) is 0.375. The number of hydrogen-bond acceptors (Lipinski definition) is 3. The predicted octanol–water partition coefficient (Wildman–Crippen LogP) is 1.22. The Balaban J connectivity index is 1.57. The van der Waals surface area contributed by atoms with Crippen LogP contribution in [0.1, 0.15) is 23.2 Å². The van der Waals surface area contributed by atoms with Gasteiger partial charge in [0, 0.05) is 43.9 Å². The number of aromatic nitrogens is 2. The maximum atomic E-state index is 12.3. The molecule has 0 saturated heterocycles. The Kier molecular flexibility index (Phi) is 4.01. The molecule has 1 aromatic carbocycles. The van der Waals surface area contributed by atoms with Gasteiger partial charge >= 0.3 is 0 Å². The molecule has 0 aliphatic carbocycles. The summed E-state index contributed by atoms with van der Waals surface area (Å²) in [5.74, 6) is 0.174. The lowest BCUT2D eigenvalue weighted by atomic mass is 9.95. The third kappa shape index (κ3) is 3.13. The van der Waals surface area contributed by atoms with Crippen LogP contribution >= 0.6 is 0 Å². The number of carbonyl (C=O) groups is 1. The van der Waals surface area contributed by atoms with Gasteiger partial charge in [-0.15, -0.1) is 0 Å². The van der Waals surface area contributed by atoms with Gasteiger partial charge in [0.1, 0.15) is 0 Å². The molecule has 1 aliphatic rings. The van der Waals surface area contributed by atoms with Crippen molar-refractivity contribution in [2.75, 3.05) is 0 Å². The smallest absolute Gasteiger partial charge is 0.223 e. The minimum atomic E-state index is 0.0480. The minimum absolute atomic E-state index is 0.0480. The van der Waals surface area contributed by atoms with Gasteiger partial charge in [0.25, 0.3) is 0 Å². The first kappa shape index (κ1) is 13.8. The van der Waals surface area contributed by atoms with Crippen LogP contribution in [-0.4, -0.2) is 15.5 Å². The molecule has 0 fully saturated rings. The van der Waals surface area contributed by atoms with Crippen molar-refractivity contribution in [1.29, 1.82) is 0 Å². The van der Waals surface area contributed by atoms with Crippen LogP contribution in [0.2, 0.25) is 0 Å². The molecule has 1 aliphatic heterocycles. The van der Waals surface area contributed by atoms with Crippen LogP contribution < -0.4 is 11.1 Å². The SMILES string of the molecule is NCc1cccc(CNC(=O)C2CCn3cncc3C2)c1. The zero-order valence-electron chi connectivity index (χ0n) is 12.0. The van der Waals surface area contributed by atoms with Crippen molar-refractivity contribution in [3.63, 3.8) is 0 Å². The summed E-state index contributed by atoms with van der Waals surface area (Å²) in [4.78, 5) is 16.4. The lowest BCUT2D eigenvalue weighted by molar-refractivity contribution is -0.125. The molecule has 2 aromatic rings. The Morgan fingerprint density at radius 2 is 2.29 bits per heavy atom. The van der Waals surface area contributed by atoms with Gasteiger partial charge in [0.15, 0.2) is 0 Å². The van der Waals surface area contributed by atoms with E-state index in [2.05, 4.69) is 14.9 Å². The molecule has 110 valence electrons. The molecule has 5 nitrogen and oxygen atoms in total. The fourth-order valence-corrected chi connectivity index (χ4v) is 2.79. The molecule has 21 heavy (non-hydrogen) atoms. The van der Waals surface area contributed by atoms with Gasteiger partial charge in [-0.25, -0.2) is 4.98 Å². The minimum Gasteiger partial charge on any atom is -0.352 e. The van der Waals surface area contributed by atoms with Crippen LogP contribution in [0.4, 0.5) is 0 Å². The first-order valence-corrected chi connectivity index (χ1v) is 7.31. The molecule has 3 N–H and O–H groups in total. The number of hydrogen-bond donors (Lipinski definition) is 2. The number of nitrogens with one attached hydrogen (secondary N) is 1. The zero-order valence-corrected chi connectivity index (χ0v) is 12.0. The highest BCUT2D eigenvalue weighted by molar-refractivity contribution is 5.79. The van der Waals surface area contributed by atoms with Gasteiger partial charge in [-0.05, 0) is 17.5 Å². The standard InChI is InChI=1S/C16H20N4O/c17-8-12-2-1-3-13(6-12)9-19-16(21)14-4-5-20-11-18-10-15(20)7-14/h1-3,6,10-11,14H,4-5,7-9,17H2,(H,19,21). The second-order valence-corrected chi connectivity index (χ2v) is 5.51. The van der Waals surface area contributed by atoms with Crippen molar-refractivity contribution >= 4 is 5.91 Å². The quantitative estimate of drug-likeness (QED) is 0.886. The largest absolute Gasteiger partial charge is 0.352 e. The topological polar surface area (TPSA) is 72.9 Å². The molecule has 1 atom stereocenters. The van der Waals surface area contributed by atoms with Crippen LogP contribution in [0.5, 0.6) is 0 Å². The maximum absolute atomic E-state index is 12.3. The number of imidazole rings is 1. The molecular formula is C16H20N4O. The Hall–Kier alpha value is -2.14. The monoisotopic (exact) mass is 284 g/mol. The van der Waals surface area contributed by atoms with E-state index in [9.17, 15) is 4.79 Å². The molecule has 0 radical (unpaired) electrons. The van der Waals surface area contributed by atoms with Gasteiger partial charge in [-0.2, -0.15) is 0 Å². The number of nitrogens with two attached hydrogens (primary N) is 1. The molecule has 5 heteroatoms. The summed E-state index contributed by atoms with van der Waals surface area (Å²) in [6, 6.07) is 8.02. The first-order chi connectivity index (χ1) is 10.3. The highest BCUT2D eigenvalue weighted by Gasteiger charge is 2.24. The number of fused-ring (bicyclic) bond motifs is 1. The molecule has 3 rings (SSSR count). The van der Waals surface area contributed by atoms with E-state index in [1.807, 2.05) is 36.8 Å². The predicted molar refractivity (Wildman–Crippen MR) is 80.2 cm³/mol. The van der Waals surface area contributed by atoms with Gasteiger partial charge in [-0.1, -0.05) is 24.3 Å². The van der Waals surface area contributed by atoms with Gasteiger partial charge in [-0.3, -0.25) is 4.79 Å². The summed E-state index contributed by atoms with van der Waals surface area (Å²) < 4.78 is 2.12. The molecule has 0 bridgehead atoms. The molecule has 2 heterocycles.